The third-order valence-corrected chi connectivity index (χ3v) is 3.15. The second-order valence-electron chi connectivity index (χ2n) is 4.48. The Morgan fingerprint density at radius 2 is 2.12 bits per heavy atom. The van der Waals surface area contributed by atoms with Crippen molar-refractivity contribution in [2.45, 2.75) is 25.7 Å². The highest BCUT2D eigenvalue weighted by atomic mass is 35.5. The number of aromatic amines is 1. The van der Waals surface area contributed by atoms with Gasteiger partial charge in [-0.1, -0.05) is 11.6 Å². The number of imidazole rings is 1. The maximum Gasteiger partial charge on any atom is 0.137 e. The Morgan fingerprint density at radius 3 is 2.81 bits per heavy atom. The van der Waals surface area contributed by atoms with E-state index in [-0.39, 0.29) is 0 Å². The first-order valence-electron chi connectivity index (χ1n) is 5.55. The van der Waals surface area contributed by atoms with E-state index in [0.29, 0.717) is 5.92 Å². The van der Waals surface area contributed by atoms with E-state index >= 15 is 0 Å². The van der Waals surface area contributed by atoms with E-state index in [2.05, 4.69) is 16.0 Å². The predicted octanol–water partition coefficient (Wildman–Crippen LogP) is 3.92. The predicted molar refractivity (Wildman–Crippen MR) is 65.7 cm³/mol. The quantitative estimate of drug-likeness (QED) is 0.836. The van der Waals surface area contributed by atoms with E-state index in [0.717, 1.165) is 22.0 Å². The number of benzene rings is 1. The molecule has 0 spiro atoms. The van der Waals surface area contributed by atoms with Crippen molar-refractivity contribution in [2.75, 3.05) is 0 Å². The van der Waals surface area contributed by atoms with E-state index in [1.165, 1.54) is 18.5 Å². The van der Waals surface area contributed by atoms with Crippen molar-refractivity contribution in [3.8, 4) is 11.4 Å². The highest BCUT2D eigenvalue weighted by Gasteiger charge is 2.25. The molecule has 82 valence electrons. The molecule has 2 aromatic rings. The van der Waals surface area contributed by atoms with Gasteiger partial charge in [-0.15, -0.1) is 0 Å². The molecular formula is C13H13ClN2. The lowest BCUT2D eigenvalue weighted by Gasteiger charge is -2.00. The molecular weight excluding hydrogens is 220 g/mol. The van der Waals surface area contributed by atoms with E-state index < -0.39 is 0 Å². The van der Waals surface area contributed by atoms with Crippen LogP contribution in [0.5, 0.6) is 0 Å². The molecule has 1 heterocycles. The van der Waals surface area contributed by atoms with Gasteiger partial charge in [0.05, 0.1) is 0 Å². The summed E-state index contributed by atoms with van der Waals surface area (Å²) in [6.07, 6.45) is 4.52. The summed E-state index contributed by atoms with van der Waals surface area (Å²) in [7, 11) is 0. The number of nitrogens with one attached hydrogen (secondary N) is 1. The minimum Gasteiger partial charge on any atom is -0.342 e. The molecule has 1 aliphatic carbocycles. The SMILES string of the molecule is Cc1cc(Cl)cc(-c2ncc(C3CC3)[nH]2)c1. The summed E-state index contributed by atoms with van der Waals surface area (Å²) in [5.74, 6) is 1.63. The van der Waals surface area contributed by atoms with Gasteiger partial charge in [-0.2, -0.15) is 0 Å². The number of H-pyrrole nitrogens is 1. The van der Waals surface area contributed by atoms with Gasteiger partial charge >= 0.3 is 0 Å². The molecule has 1 fully saturated rings. The highest BCUT2D eigenvalue weighted by Crippen LogP contribution is 2.39. The number of aryl methyl sites for hydroxylation is 1. The molecule has 1 aromatic carbocycles. The molecule has 3 rings (SSSR count). The Kier molecular flexibility index (Phi) is 2.25. The highest BCUT2D eigenvalue weighted by molar-refractivity contribution is 6.30. The monoisotopic (exact) mass is 232 g/mol. The van der Waals surface area contributed by atoms with Crippen LogP contribution in [-0.2, 0) is 0 Å². The normalized spacial score (nSPS) is 15.4. The smallest absolute Gasteiger partial charge is 0.137 e. The third-order valence-electron chi connectivity index (χ3n) is 2.93. The van der Waals surface area contributed by atoms with Gasteiger partial charge < -0.3 is 4.98 Å². The van der Waals surface area contributed by atoms with Crippen LogP contribution in [0.25, 0.3) is 11.4 Å². The van der Waals surface area contributed by atoms with Gasteiger partial charge in [-0.05, 0) is 43.5 Å². The largest absolute Gasteiger partial charge is 0.342 e. The zero-order valence-electron chi connectivity index (χ0n) is 9.13. The number of halogens is 1. The average molecular weight is 233 g/mol. The standard InChI is InChI=1S/C13H13ClN2/c1-8-4-10(6-11(14)5-8)13-15-7-12(16-13)9-2-3-9/h4-7,9H,2-3H2,1H3,(H,15,16). The van der Waals surface area contributed by atoms with Gasteiger partial charge in [0, 0.05) is 28.4 Å². The van der Waals surface area contributed by atoms with Crippen LogP contribution in [0.15, 0.2) is 24.4 Å². The minimum atomic E-state index is 0.710. The Hall–Kier alpha value is -1.28. The lowest BCUT2D eigenvalue weighted by atomic mass is 10.1. The molecule has 0 aliphatic heterocycles. The molecule has 0 saturated heterocycles. The molecule has 0 bridgehead atoms. The average Bonchev–Trinajstić information content (AvgIpc) is 2.95. The number of aromatic nitrogens is 2. The first kappa shape index (κ1) is 9.91. The van der Waals surface area contributed by atoms with Crippen LogP contribution in [0.2, 0.25) is 5.02 Å². The minimum absolute atomic E-state index is 0.710. The van der Waals surface area contributed by atoms with E-state index in [9.17, 15) is 0 Å². The van der Waals surface area contributed by atoms with Crippen molar-refractivity contribution < 1.29 is 0 Å². The molecule has 1 aromatic heterocycles. The number of rotatable bonds is 2. The topological polar surface area (TPSA) is 28.7 Å². The van der Waals surface area contributed by atoms with Crippen LogP contribution in [0.1, 0.15) is 30.0 Å². The van der Waals surface area contributed by atoms with Crippen LogP contribution >= 0.6 is 11.6 Å². The summed E-state index contributed by atoms with van der Waals surface area (Å²) >= 11 is 6.04. The van der Waals surface area contributed by atoms with Gasteiger partial charge in [0.15, 0.2) is 0 Å². The molecule has 2 nitrogen and oxygen atoms in total. The number of nitrogens with zero attached hydrogens (tertiary/aromatic N) is 1. The maximum atomic E-state index is 6.04. The number of hydrogen-bond acceptors (Lipinski definition) is 1. The fourth-order valence-corrected chi connectivity index (χ4v) is 2.25. The molecule has 1 saturated carbocycles. The van der Waals surface area contributed by atoms with Crippen LogP contribution in [0, 0.1) is 6.92 Å². The third kappa shape index (κ3) is 1.85. The van der Waals surface area contributed by atoms with E-state index in [1.54, 1.807) is 0 Å². The van der Waals surface area contributed by atoms with Crippen molar-refractivity contribution in [3.05, 3.63) is 40.7 Å². The lowest BCUT2D eigenvalue weighted by molar-refractivity contribution is 1.05. The lowest BCUT2D eigenvalue weighted by Crippen LogP contribution is -1.83. The van der Waals surface area contributed by atoms with Gasteiger partial charge in [0.25, 0.3) is 0 Å². The summed E-state index contributed by atoms with van der Waals surface area (Å²) in [5, 5.41) is 0.763. The fourth-order valence-electron chi connectivity index (χ4n) is 1.96. The Bertz CT molecular complexity index is 506. The van der Waals surface area contributed by atoms with Crippen molar-refractivity contribution in [3.63, 3.8) is 0 Å². The van der Waals surface area contributed by atoms with Gasteiger partial charge in [0.2, 0.25) is 0 Å². The zero-order chi connectivity index (χ0) is 11.1. The second kappa shape index (κ2) is 3.63. The Labute approximate surface area is 99.7 Å². The zero-order valence-corrected chi connectivity index (χ0v) is 9.88. The van der Waals surface area contributed by atoms with Crippen LogP contribution in [0.3, 0.4) is 0 Å². The van der Waals surface area contributed by atoms with E-state index in [4.69, 9.17) is 11.6 Å². The molecule has 0 radical (unpaired) electrons. The summed E-state index contributed by atoms with van der Waals surface area (Å²) in [4.78, 5) is 7.79. The van der Waals surface area contributed by atoms with E-state index in [1.807, 2.05) is 25.3 Å². The first-order chi connectivity index (χ1) is 7.72. The van der Waals surface area contributed by atoms with Crippen molar-refractivity contribution in [1.82, 2.24) is 9.97 Å². The van der Waals surface area contributed by atoms with Crippen LogP contribution in [-0.4, -0.2) is 9.97 Å². The summed E-state index contributed by atoms with van der Waals surface area (Å²) in [6.45, 7) is 2.04. The molecule has 3 heteroatoms. The summed E-state index contributed by atoms with van der Waals surface area (Å²) in [6, 6.07) is 6.00. The van der Waals surface area contributed by atoms with Crippen molar-refractivity contribution in [1.29, 1.82) is 0 Å². The van der Waals surface area contributed by atoms with Gasteiger partial charge in [-0.3, -0.25) is 0 Å². The van der Waals surface area contributed by atoms with Gasteiger partial charge in [0.1, 0.15) is 5.82 Å². The molecule has 1 N–H and O–H groups in total. The molecule has 0 unspecified atom stereocenters. The second-order valence-corrected chi connectivity index (χ2v) is 4.92. The van der Waals surface area contributed by atoms with Crippen LogP contribution in [0.4, 0.5) is 0 Å². The molecule has 16 heavy (non-hydrogen) atoms. The molecule has 0 amide bonds. The summed E-state index contributed by atoms with van der Waals surface area (Å²) in [5.41, 5.74) is 3.48. The Balaban J connectivity index is 2.00. The van der Waals surface area contributed by atoms with Gasteiger partial charge in [-0.25, -0.2) is 4.98 Å². The van der Waals surface area contributed by atoms with Crippen LogP contribution < -0.4 is 0 Å². The van der Waals surface area contributed by atoms with Crippen molar-refractivity contribution >= 4 is 11.6 Å². The fraction of sp³-hybridized carbons (Fsp3) is 0.308. The molecule has 0 atom stereocenters. The maximum absolute atomic E-state index is 6.04. The number of hydrogen-bond donors (Lipinski definition) is 1. The molecule has 1 aliphatic rings. The summed E-state index contributed by atoms with van der Waals surface area (Å²) < 4.78 is 0. The Morgan fingerprint density at radius 1 is 1.31 bits per heavy atom. The first-order valence-corrected chi connectivity index (χ1v) is 5.92. The van der Waals surface area contributed by atoms with Crippen molar-refractivity contribution in [2.24, 2.45) is 0 Å².